The van der Waals surface area contributed by atoms with Gasteiger partial charge in [-0.2, -0.15) is 0 Å². The van der Waals surface area contributed by atoms with E-state index >= 15 is 0 Å². The molecule has 6 aromatic rings. The van der Waals surface area contributed by atoms with Crippen LogP contribution in [-0.4, -0.2) is 31.4 Å². The van der Waals surface area contributed by atoms with Crippen molar-refractivity contribution >= 4 is 51.1 Å². The first-order chi connectivity index (χ1) is 18.8. The largest absolute Gasteiger partial charge is 0.323 e. The topological polar surface area (TPSA) is 63.9 Å². The quantitative estimate of drug-likeness (QED) is 0.212. The van der Waals surface area contributed by atoms with Gasteiger partial charge in [0.2, 0.25) is 11.1 Å². The SMILES string of the molecule is O=C(CSc1nnc2c3ccccc3n(CCc3ccccc3)c2n1)N(c1ccccc1)c1ccccc1. The van der Waals surface area contributed by atoms with Gasteiger partial charge in [-0.05, 0) is 42.3 Å². The molecule has 0 atom stereocenters. The van der Waals surface area contributed by atoms with E-state index in [0.29, 0.717) is 5.16 Å². The number of thioether (sulfide) groups is 1. The van der Waals surface area contributed by atoms with Crippen LogP contribution in [0.15, 0.2) is 120 Å². The Labute approximate surface area is 225 Å². The summed E-state index contributed by atoms with van der Waals surface area (Å²) in [6.07, 6.45) is 0.878. The molecule has 2 aromatic heterocycles. The van der Waals surface area contributed by atoms with Gasteiger partial charge >= 0.3 is 0 Å². The number of hydrogen-bond donors (Lipinski definition) is 0. The zero-order valence-corrected chi connectivity index (χ0v) is 21.5. The Morgan fingerprint density at radius 2 is 1.34 bits per heavy atom. The van der Waals surface area contributed by atoms with Crippen molar-refractivity contribution in [2.24, 2.45) is 0 Å². The van der Waals surface area contributed by atoms with Crippen molar-refractivity contribution in [1.82, 2.24) is 19.7 Å². The van der Waals surface area contributed by atoms with E-state index in [4.69, 9.17) is 4.98 Å². The normalized spacial score (nSPS) is 11.2. The Kier molecular flexibility index (Phi) is 6.83. The molecule has 7 heteroatoms. The minimum absolute atomic E-state index is 0.0549. The third-order valence-electron chi connectivity index (χ3n) is 6.42. The van der Waals surface area contributed by atoms with Gasteiger partial charge in [-0.25, -0.2) is 4.98 Å². The van der Waals surface area contributed by atoms with E-state index in [1.165, 1.54) is 17.3 Å². The van der Waals surface area contributed by atoms with Crippen molar-refractivity contribution < 1.29 is 4.79 Å². The Bertz CT molecular complexity index is 1650. The van der Waals surface area contributed by atoms with Crippen LogP contribution in [0, 0.1) is 0 Å². The highest BCUT2D eigenvalue weighted by Crippen LogP contribution is 2.29. The highest BCUT2D eigenvalue weighted by Gasteiger charge is 2.20. The highest BCUT2D eigenvalue weighted by molar-refractivity contribution is 7.99. The first-order valence-corrected chi connectivity index (χ1v) is 13.5. The van der Waals surface area contributed by atoms with Crippen molar-refractivity contribution in [2.75, 3.05) is 10.7 Å². The predicted octanol–water partition coefficient (Wildman–Crippen LogP) is 6.68. The molecular weight excluding hydrogens is 490 g/mol. The lowest BCUT2D eigenvalue weighted by molar-refractivity contribution is -0.115. The molecule has 2 heterocycles. The second-order valence-electron chi connectivity index (χ2n) is 8.86. The summed E-state index contributed by atoms with van der Waals surface area (Å²) in [6.45, 7) is 0.769. The maximum Gasteiger partial charge on any atom is 0.242 e. The number of carbonyl (C=O) groups is 1. The van der Waals surface area contributed by atoms with E-state index in [-0.39, 0.29) is 11.7 Å². The van der Waals surface area contributed by atoms with Gasteiger partial charge in [-0.3, -0.25) is 9.69 Å². The first-order valence-electron chi connectivity index (χ1n) is 12.5. The van der Waals surface area contributed by atoms with Crippen LogP contribution in [0.4, 0.5) is 11.4 Å². The van der Waals surface area contributed by atoms with E-state index in [2.05, 4.69) is 51.2 Å². The Morgan fingerprint density at radius 1 is 0.737 bits per heavy atom. The molecule has 38 heavy (non-hydrogen) atoms. The lowest BCUT2D eigenvalue weighted by Crippen LogP contribution is -2.27. The lowest BCUT2D eigenvalue weighted by Gasteiger charge is -2.22. The number of aryl methyl sites for hydroxylation is 2. The monoisotopic (exact) mass is 515 g/mol. The Hall–Kier alpha value is -4.49. The molecule has 4 aromatic carbocycles. The third kappa shape index (κ3) is 4.88. The summed E-state index contributed by atoms with van der Waals surface area (Å²) in [4.78, 5) is 20.1. The number of nitrogens with zero attached hydrogens (tertiary/aromatic N) is 5. The Balaban J connectivity index is 1.29. The summed E-state index contributed by atoms with van der Waals surface area (Å²) >= 11 is 1.30. The van der Waals surface area contributed by atoms with Crippen LogP contribution in [0.1, 0.15) is 5.56 Å². The molecule has 0 aliphatic rings. The number of carbonyl (C=O) groups excluding carboxylic acids is 1. The molecular formula is C31H25N5OS. The third-order valence-corrected chi connectivity index (χ3v) is 7.25. The minimum Gasteiger partial charge on any atom is -0.323 e. The van der Waals surface area contributed by atoms with Gasteiger partial charge < -0.3 is 4.57 Å². The number of aromatic nitrogens is 4. The van der Waals surface area contributed by atoms with Gasteiger partial charge in [0, 0.05) is 23.3 Å². The van der Waals surface area contributed by atoms with Gasteiger partial charge in [-0.1, -0.05) is 96.7 Å². The number of anilines is 2. The number of amides is 1. The van der Waals surface area contributed by atoms with Gasteiger partial charge in [-0.15, -0.1) is 10.2 Å². The molecule has 0 saturated heterocycles. The molecule has 0 fully saturated rings. The number of rotatable bonds is 8. The summed E-state index contributed by atoms with van der Waals surface area (Å²) in [5, 5.41) is 10.4. The molecule has 0 radical (unpaired) electrons. The van der Waals surface area contributed by atoms with Crippen LogP contribution >= 0.6 is 11.8 Å². The van der Waals surface area contributed by atoms with Crippen LogP contribution in [0.25, 0.3) is 22.1 Å². The maximum atomic E-state index is 13.5. The van der Waals surface area contributed by atoms with Gasteiger partial charge in [0.05, 0.1) is 11.3 Å². The van der Waals surface area contributed by atoms with Crippen molar-refractivity contribution in [3.05, 3.63) is 121 Å². The predicted molar refractivity (Wildman–Crippen MR) is 154 cm³/mol. The smallest absolute Gasteiger partial charge is 0.242 e. The van der Waals surface area contributed by atoms with Crippen molar-refractivity contribution in [3.8, 4) is 0 Å². The maximum absolute atomic E-state index is 13.5. The van der Waals surface area contributed by atoms with Crippen LogP contribution in [-0.2, 0) is 17.8 Å². The van der Waals surface area contributed by atoms with Crippen molar-refractivity contribution in [2.45, 2.75) is 18.1 Å². The summed E-state index contributed by atoms with van der Waals surface area (Å²) < 4.78 is 2.21. The zero-order valence-electron chi connectivity index (χ0n) is 20.6. The van der Waals surface area contributed by atoms with E-state index in [1.807, 2.05) is 78.9 Å². The van der Waals surface area contributed by atoms with E-state index in [0.717, 1.165) is 46.4 Å². The molecule has 6 nitrogen and oxygen atoms in total. The second-order valence-corrected chi connectivity index (χ2v) is 9.80. The van der Waals surface area contributed by atoms with E-state index < -0.39 is 0 Å². The average molecular weight is 516 g/mol. The molecule has 1 amide bonds. The molecule has 6 rings (SSSR count). The number of fused-ring (bicyclic) bond motifs is 3. The molecule has 0 aliphatic carbocycles. The fourth-order valence-electron chi connectivity index (χ4n) is 4.64. The van der Waals surface area contributed by atoms with Gasteiger partial charge in [0.15, 0.2) is 5.65 Å². The van der Waals surface area contributed by atoms with Gasteiger partial charge in [0.25, 0.3) is 0 Å². The second kappa shape index (κ2) is 10.9. The fourth-order valence-corrected chi connectivity index (χ4v) is 5.28. The summed E-state index contributed by atoms with van der Waals surface area (Å²) in [5.74, 6) is 0.127. The van der Waals surface area contributed by atoms with E-state index in [9.17, 15) is 4.79 Å². The standard InChI is InChI=1S/C31H25N5OS/c37-28(36(24-14-6-2-7-15-24)25-16-8-3-9-17-25)22-38-31-32-30-29(33-34-31)26-18-10-11-19-27(26)35(30)21-20-23-12-4-1-5-13-23/h1-19H,20-22H2. The molecule has 0 N–H and O–H groups in total. The molecule has 0 unspecified atom stereocenters. The lowest BCUT2D eigenvalue weighted by atomic mass is 10.1. The number of para-hydroxylation sites is 3. The van der Waals surface area contributed by atoms with Crippen LogP contribution in [0.3, 0.4) is 0 Å². The van der Waals surface area contributed by atoms with Crippen molar-refractivity contribution in [1.29, 1.82) is 0 Å². The molecule has 186 valence electrons. The Morgan fingerprint density at radius 3 is 2.03 bits per heavy atom. The van der Waals surface area contributed by atoms with Crippen LogP contribution < -0.4 is 4.90 Å². The summed E-state index contributed by atoms with van der Waals surface area (Å²) in [5.41, 5.74) is 5.55. The highest BCUT2D eigenvalue weighted by atomic mass is 32.2. The molecule has 0 spiro atoms. The molecule has 0 bridgehead atoms. The summed E-state index contributed by atoms with van der Waals surface area (Å²) in [6, 6.07) is 38.0. The van der Waals surface area contributed by atoms with Crippen LogP contribution in [0.5, 0.6) is 0 Å². The van der Waals surface area contributed by atoms with Gasteiger partial charge in [0.1, 0.15) is 5.52 Å². The number of benzene rings is 4. The van der Waals surface area contributed by atoms with Crippen LogP contribution in [0.2, 0.25) is 0 Å². The molecule has 0 saturated carbocycles. The van der Waals surface area contributed by atoms with E-state index in [1.54, 1.807) is 4.90 Å². The fraction of sp³-hybridized carbons (Fsp3) is 0.0968. The number of hydrogen-bond acceptors (Lipinski definition) is 5. The summed E-state index contributed by atoms with van der Waals surface area (Å²) in [7, 11) is 0. The molecule has 0 aliphatic heterocycles. The average Bonchev–Trinajstić information content (AvgIpc) is 3.29. The zero-order chi connectivity index (χ0) is 25.7. The minimum atomic E-state index is -0.0549. The first kappa shape index (κ1) is 23.9. The van der Waals surface area contributed by atoms with Crippen molar-refractivity contribution in [3.63, 3.8) is 0 Å².